The molecule has 1 aliphatic carbocycles. The Morgan fingerprint density at radius 3 is 2.40 bits per heavy atom. The summed E-state index contributed by atoms with van der Waals surface area (Å²) >= 11 is 2.17. The van der Waals surface area contributed by atoms with Crippen LogP contribution in [-0.2, 0) is 0 Å². The van der Waals surface area contributed by atoms with E-state index in [4.69, 9.17) is 0 Å². The van der Waals surface area contributed by atoms with Crippen LogP contribution in [0.15, 0.2) is 29.2 Å². The summed E-state index contributed by atoms with van der Waals surface area (Å²) in [7, 11) is -2.04. The standard InChI is InChI=1S/C26H47NPS2/c1-9-10-11-12-13-16-19(2)28(5,6)27-30(7,8)26-21(4)20(3)25-24(26)22-17-14-15-18-23(22)29-25/h14-15,17-21,24-27H,9-13,16H2,1-8H3/q+1. The highest BCUT2D eigenvalue weighted by Gasteiger charge is 2.56. The van der Waals surface area contributed by atoms with Crippen LogP contribution < -0.4 is 4.49 Å². The predicted octanol–water partition coefficient (Wildman–Crippen LogP) is 8.41. The van der Waals surface area contributed by atoms with Crippen LogP contribution in [0.2, 0.25) is 0 Å². The van der Waals surface area contributed by atoms with Crippen molar-refractivity contribution >= 4 is 29.4 Å². The number of unbranched alkanes of at least 4 members (excludes halogenated alkanes) is 4. The summed E-state index contributed by atoms with van der Waals surface area (Å²) in [6, 6.07) is 9.28. The van der Waals surface area contributed by atoms with E-state index in [1.165, 1.54) is 38.5 Å². The Kier molecular flexibility index (Phi) is 8.37. The lowest BCUT2D eigenvalue weighted by molar-refractivity contribution is 0.467. The van der Waals surface area contributed by atoms with Gasteiger partial charge in [-0.3, -0.25) is 0 Å². The van der Waals surface area contributed by atoms with Gasteiger partial charge in [0.2, 0.25) is 0 Å². The predicted molar refractivity (Wildman–Crippen MR) is 145 cm³/mol. The molecule has 6 unspecified atom stereocenters. The van der Waals surface area contributed by atoms with Crippen LogP contribution in [0.25, 0.3) is 0 Å². The molecule has 0 amide bonds. The van der Waals surface area contributed by atoms with Crippen molar-refractivity contribution in [3.8, 4) is 0 Å². The highest BCUT2D eigenvalue weighted by molar-refractivity contribution is 8.34. The maximum atomic E-state index is 4.41. The van der Waals surface area contributed by atoms with Crippen molar-refractivity contribution in [3.05, 3.63) is 29.8 Å². The minimum absolute atomic E-state index is 0.734. The molecule has 0 saturated heterocycles. The second-order valence-electron chi connectivity index (χ2n) is 10.9. The molecule has 6 atom stereocenters. The molecule has 30 heavy (non-hydrogen) atoms. The van der Waals surface area contributed by atoms with E-state index in [-0.39, 0.29) is 0 Å². The molecule has 0 aromatic heterocycles. The fourth-order valence-corrected chi connectivity index (χ4v) is 17.1. The van der Waals surface area contributed by atoms with E-state index in [1.54, 1.807) is 10.5 Å². The van der Waals surface area contributed by atoms with E-state index in [9.17, 15) is 0 Å². The lowest BCUT2D eigenvalue weighted by atomic mass is 9.96. The first-order chi connectivity index (χ1) is 14.1. The first-order valence-corrected chi connectivity index (χ1v) is 18.3. The van der Waals surface area contributed by atoms with Crippen LogP contribution >= 0.6 is 29.4 Å². The first kappa shape index (κ1) is 24.9. The second kappa shape index (κ2) is 10.1. The molecule has 1 aliphatic heterocycles. The zero-order chi connectivity index (χ0) is 22.1. The van der Waals surface area contributed by atoms with Gasteiger partial charge in [-0.25, -0.2) is 0 Å². The Morgan fingerprint density at radius 1 is 1.03 bits per heavy atom. The van der Waals surface area contributed by atoms with E-state index in [2.05, 4.69) is 94.1 Å². The van der Waals surface area contributed by atoms with Crippen molar-refractivity contribution in [2.75, 3.05) is 25.8 Å². The fourth-order valence-electron chi connectivity index (χ4n) is 6.01. The van der Waals surface area contributed by atoms with E-state index in [0.29, 0.717) is 0 Å². The Morgan fingerprint density at radius 2 is 1.70 bits per heavy atom. The van der Waals surface area contributed by atoms with Crippen LogP contribution in [0.4, 0.5) is 0 Å². The van der Waals surface area contributed by atoms with Gasteiger partial charge in [0.15, 0.2) is 0 Å². The quantitative estimate of drug-likeness (QED) is 0.273. The average molecular weight is 469 g/mol. The van der Waals surface area contributed by atoms with Gasteiger partial charge in [0.1, 0.15) is 0 Å². The van der Waals surface area contributed by atoms with Crippen molar-refractivity contribution < 1.29 is 0 Å². The zero-order valence-electron chi connectivity index (χ0n) is 20.8. The van der Waals surface area contributed by atoms with Crippen molar-refractivity contribution in [3.63, 3.8) is 0 Å². The fraction of sp³-hybridized carbons (Fsp3) is 0.769. The average Bonchev–Trinajstić information content (AvgIpc) is 3.16. The molecule has 1 heterocycles. The third-order valence-corrected chi connectivity index (χ3v) is 18.0. The minimum Gasteiger partial charge on any atom is -0.158 e. The Balaban J connectivity index is 1.72. The lowest BCUT2D eigenvalue weighted by Gasteiger charge is -2.46. The van der Waals surface area contributed by atoms with Crippen LogP contribution in [0.5, 0.6) is 0 Å². The van der Waals surface area contributed by atoms with Crippen molar-refractivity contribution in [2.45, 2.75) is 93.2 Å². The third-order valence-electron chi connectivity index (χ3n) is 8.09. The molecular weight excluding hydrogens is 421 g/mol. The monoisotopic (exact) mass is 468 g/mol. The maximum absolute atomic E-state index is 4.41. The van der Waals surface area contributed by atoms with E-state index >= 15 is 0 Å². The maximum Gasteiger partial charge on any atom is 0.0871 e. The summed E-state index contributed by atoms with van der Waals surface area (Å²) in [5.74, 6) is 2.32. The number of rotatable bonds is 10. The summed E-state index contributed by atoms with van der Waals surface area (Å²) < 4.78 is 4.41. The number of benzene rings is 1. The van der Waals surface area contributed by atoms with Gasteiger partial charge in [0.05, 0.1) is 26.4 Å². The highest BCUT2D eigenvalue weighted by Crippen LogP contribution is 2.70. The molecule has 3 rings (SSSR count). The summed E-state index contributed by atoms with van der Waals surface area (Å²) in [6.45, 7) is 15.1. The molecule has 1 saturated carbocycles. The Hall–Kier alpha value is 0.310. The van der Waals surface area contributed by atoms with Gasteiger partial charge in [0, 0.05) is 21.3 Å². The summed E-state index contributed by atoms with van der Waals surface area (Å²) in [4.78, 5) is 1.56. The van der Waals surface area contributed by atoms with Crippen molar-refractivity contribution in [1.29, 1.82) is 0 Å². The van der Waals surface area contributed by atoms with Gasteiger partial charge in [0.25, 0.3) is 0 Å². The third kappa shape index (κ3) is 5.11. The number of hydrogen-bond donors (Lipinski definition) is 1. The normalized spacial score (nSPS) is 30.2. The van der Waals surface area contributed by atoms with Gasteiger partial charge in [-0.15, -0.1) is 11.8 Å². The first-order valence-electron chi connectivity index (χ1n) is 12.2. The van der Waals surface area contributed by atoms with Gasteiger partial charge >= 0.3 is 0 Å². The number of thioether (sulfide) groups is 1. The molecular formula is C26H47NPS2+. The molecule has 2 aliphatic rings. The molecule has 1 nitrogen and oxygen atoms in total. The van der Waals surface area contributed by atoms with Gasteiger partial charge < -0.3 is 0 Å². The Labute approximate surface area is 194 Å². The Bertz CT molecular complexity index is 704. The minimum atomic E-state index is -1.15. The molecule has 4 heteroatoms. The van der Waals surface area contributed by atoms with Crippen LogP contribution in [0.1, 0.15) is 77.7 Å². The highest BCUT2D eigenvalue weighted by atomic mass is 32.3. The largest absolute Gasteiger partial charge is 0.158 e. The molecule has 1 N–H and O–H groups in total. The summed E-state index contributed by atoms with van der Waals surface area (Å²) in [5, 5.41) is 1.55. The van der Waals surface area contributed by atoms with Crippen LogP contribution in [0.3, 0.4) is 0 Å². The van der Waals surface area contributed by atoms with E-state index < -0.39 is 17.6 Å². The van der Waals surface area contributed by atoms with Crippen molar-refractivity contribution in [1.82, 2.24) is 4.49 Å². The number of hydrogen-bond acceptors (Lipinski definition) is 2. The molecule has 0 bridgehead atoms. The van der Waals surface area contributed by atoms with Crippen LogP contribution in [-0.4, -0.2) is 42.0 Å². The van der Waals surface area contributed by atoms with Gasteiger partial charge in [-0.1, -0.05) is 64.7 Å². The molecule has 1 aromatic carbocycles. The molecule has 1 aromatic rings. The number of fused-ring (bicyclic) bond motifs is 3. The molecule has 1 fully saturated rings. The van der Waals surface area contributed by atoms with Crippen molar-refractivity contribution in [2.24, 2.45) is 11.8 Å². The SMILES string of the molecule is CCCCCCCC(C)[P+](C)(C)NS(C)(C)C1C(C)C(C)C2Sc3ccccc3C21. The van der Waals surface area contributed by atoms with E-state index in [1.807, 2.05) is 0 Å². The zero-order valence-corrected chi connectivity index (χ0v) is 23.3. The number of nitrogens with one attached hydrogen (secondary N) is 1. The smallest absolute Gasteiger partial charge is 0.0871 e. The van der Waals surface area contributed by atoms with Gasteiger partial charge in [-0.05, 0) is 55.7 Å². The summed E-state index contributed by atoms with van der Waals surface area (Å²) in [6.07, 6.45) is 13.6. The van der Waals surface area contributed by atoms with E-state index in [0.717, 1.165) is 33.9 Å². The molecule has 172 valence electrons. The molecule has 0 radical (unpaired) electrons. The van der Waals surface area contributed by atoms with Crippen LogP contribution in [0, 0.1) is 11.8 Å². The van der Waals surface area contributed by atoms with Gasteiger partial charge in [-0.2, -0.15) is 14.7 Å². The summed E-state index contributed by atoms with van der Waals surface area (Å²) in [5.41, 5.74) is 2.47. The second-order valence-corrected chi connectivity index (χ2v) is 20.2. The lowest BCUT2D eigenvalue weighted by Crippen LogP contribution is -2.36. The molecule has 0 spiro atoms. The topological polar surface area (TPSA) is 12.0 Å².